The second kappa shape index (κ2) is 6.26. The predicted octanol–water partition coefficient (Wildman–Crippen LogP) is 5.45. The Hall–Kier alpha value is 0.627. The first-order chi connectivity index (χ1) is 9.23. The van der Waals surface area contributed by atoms with E-state index >= 15 is 0 Å². The Morgan fingerprint density at radius 1 is 1.05 bits per heavy atom. The highest BCUT2D eigenvalue weighted by atomic mass is 35.8. The summed E-state index contributed by atoms with van der Waals surface area (Å²) in [5.41, 5.74) is 0. The first-order valence-corrected chi connectivity index (χ1v) is 11.1. The molecular weight excluding hydrogens is 385 g/mol. The normalized spacial score (nSPS) is 31.9. The van der Waals surface area contributed by atoms with Crippen LogP contribution in [0.1, 0.15) is 32.1 Å². The van der Waals surface area contributed by atoms with E-state index in [4.69, 9.17) is 38.3 Å². The van der Waals surface area contributed by atoms with Crippen molar-refractivity contribution in [1.82, 2.24) is 0 Å². The van der Waals surface area contributed by atoms with Gasteiger partial charge < -0.3 is 5.11 Å². The summed E-state index contributed by atoms with van der Waals surface area (Å²) in [5, 5.41) is 7.57. The monoisotopic (exact) mass is 396 g/mol. The highest BCUT2D eigenvalue weighted by Crippen LogP contribution is 2.67. The predicted molar refractivity (Wildman–Crippen MR) is 70.7 cm³/mol. The van der Waals surface area contributed by atoms with Crippen molar-refractivity contribution in [3.8, 4) is 0 Å². The Morgan fingerprint density at radius 3 is 1.57 bits per heavy atom. The lowest BCUT2D eigenvalue weighted by Crippen LogP contribution is -2.47. The van der Waals surface area contributed by atoms with Crippen molar-refractivity contribution in [3.63, 3.8) is 0 Å². The third kappa shape index (κ3) is 4.13. The van der Waals surface area contributed by atoms with Crippen molar-refractivity contribution in [2.24, 2.45) is 5.92 Å². The van der Waals surface area contributed by atoms with Crippen LogP contribution in [0, 0.1) is 5.92 Å². The average molecular weight is 398 g/mol. The van der Waals surface area contributed by atoms with Gasteiger partial charge in [0.05, 0.1) is 0 Å². The van der Waals surface area contributed by atoms with Gasteiger partial charge >= 0.3 is 24.5 Å². The van der Waals surface area contributed by atoms with Crippen molar-refractivity contribution in [2.75, 3.05) is 0 Å². The largest absolute Gasteiger partial charge is 0.454 e. The van der Waals surface area contributed by atoms with Crippen LogP contribution in [0.15, 0.2) is 0 Å². The van der Waals surface area contributed by atoms with E-state index in [1.165, 1.54) is 32.1 Å². The van der Waals surface area contributed by atoms with E-state index in [0.29, 0.717) is 0 Å². The summed E-state index contributed by atoms with van der Waals surface area (Å²) in [6, 6.07) is -2.42. The molecule has 0 spiro atoms. The van der Waals surface area contributed by atoms with Crippen LogP contribution in [0.3, 0.4) is 0 Å². The fourth-order valence-corrected chi connectivity index (χ4v) is 6.48. The number of halogens is 9. The van der Waals surface area contributed by atoms with Gasteiger partial charge in [0.2, 0.25) is 0 Å². The maximum Gasteiger partial charge on any atom is 0.454 e. The Morgan fingerprint density at radius 2 is 1.48 bits per heavy atom. The maximum absolute atomic E-state index is 11.4. The molecule has 1 unspecified atom stereocenters. The second-order valence-electron chi connectivity index (χ2n) is 5.40. The van der Waals surface area contributed by atoms with Crippen LogP contribution in [-0.2, 0) is 0 Å². The second-order valence-corrected chi connectivity index (χ2v) is 14.3. The van der Waals surface area contributed by atoms with Crippen molar-refractivity contribution >= 4 is 39.2 Å². The number of rotatable bonds is 2. The molecule has 2 saturated carbocycles. The minimum Gasteiger partial charge on any atom is -0.350 e. The first kappa shape index (κ1) is 19.7. The molecule has 21 heavy (non-hydrogen) atoms. The molecule has 0 heterocycles. The molecule has 126 valence electrons. The topological polar surface area (TPSA) is 20.2 Å². The van der Waals surface area contributed by atoms with Crippen LogP contribution >= 0.6 is 33.2 Å². The third-order valence-corrected chi connectivity index (χ3v) is 9.54. The molecule has 0 aromatic rings. The van der Waals surface area contributed by atoms with Gasteiger partial charge in [-0.25, -0.2) is 8.78 Å². The molecule has 11 heteroatoms. The number of hydrogen-bond acceptors (Lipinski definition) is 1. The van der Waals surface area contributed by atoms with Gasteiger partial charge in [-0.15, -0.1) is 33.2 Å². The Kier molecular flexibility index (Phi) is 5.86. The maximum atomic E-state index is 11.4. The van der Waals surface area contributed by atoms with Crippen molar-refractivity contribution in [2.45, 2.75) is 55.6 Å². The molecule has 1 N–H and O–H groups in total. The first-order valence-electron chi connectivity index (χ1n) is 6.06. The molecule has 0 amide bonds. The highest BCUT2D eigenvalue weighted by Gasteiger charge is 2.62. The minimum absolute atomic E-state index is 0.183. The number of aliphatic hydroxyl groups is 1. The van der Waals surface area contributed by atoms with Crippen LogP contribution in [0.2, 0.25) is 5.04 Å². The summed E-state index contributed by atoms with van der Waals surface area (Å²) in [6.45, 7) is 0. The van der Waals surface area contributed by atoms with Gasteiger partial charge in [0.15, 0.2) is 0 Å². The van der Waals surface area contributed by atoms with Crippen LogP contribution in [-0.4, -0.2) is 29.6 Å². The van der Waals surface area contributed by atoms with Crippen LogP contribution < -0.4 is 0 Å². The zero-order valence-electron chi connectivity index (χ0n) is 10.5. The zero-order chi connectivity index (χ0) is 16.7. The van der Waals surface area contributed by atoms with E-state index in [1.54, 1.807) is 0 Å². The number of hydrogen-bond donors (Lipinski definition) is 1. The number of alkyl halides is 6. The van der Waals surface area contributed by atoms with Crippen LogP contribution in [0.25, 0.3) is 0 Å². The standard InChI is InChI=1S/C7H11Cl3Si.C3H2F6O/c8-11(9,10)7-3-1-6(5-7)2-4-7;4-1(5)2(6,10)3(7,8)9/h6H,1-5H2;1,10H. The van der Waals surface area contributed by atoms with Gasteiger partial charge in [0.25, 0.3) is 0 Å². The lowest BCUT2D eigenvalue weighted by molar-refractivity contribution is -0.352. The lowest BCUT2D eigenvalue weighted by atomic mass is 10.0. The van der Waals surface area contributed by atoms with Gasteiger partial charge in [-0.2, -0.15) is 17.6 Å². The SMILES string of the molecule is Cl[Si](Cl)(Cl)C12CCC(CC1)C2.OC(F)(C(F)F)C(F)(F)F. The quantitative estimate of drug-likeness (QED) is 0.373. The summed E-state index contributed by atoms with van der Waals surface area (Å²) < 4.78 is 66.3. The molecule has 0 aromatic heterocycles. The molecule has 0 saturated heterocycles. The van der Waals surface area contributed by atoms with Gasteiger partial charge in [-0.1, -0.05) is 12.8 Å². The molecule has 1 nitrogen and oxygen atoms in total. The summed E-state index contributed by atoms with van der Waals surface area (Å²) in [7, 11) is 0. The molecular formula is C10H13Cl3F6OSi. The van der Waals surface area contributed by atoms with Crippen LogP contribution in [0.5, 0.6) is 0 Å². The molecule has 2 aliphatic rings. The summed E-state index contributed by atoms with van der Waals surface area (Å²) in [4.78, 5) is 0. The smallest absolute Gasteiger partial charge is 0.350 e. The molecule has 2 aliphatic carbocycles. The molecule has 1 atom stereocenters. The van der Waals surface area contributed by atoms with Crippen molar-refractivity contribution in [1.29, 1.82) is 0 Å². The molecule has 0 radical (unpaired) electrons. The van der Waals surface area contributed by atoms with Crippen LogP contribution in [0.4, 0.5) is 26.3 Å². The summed E-state index contributed by atoms with van der Waals surface area (Å²) in [5.74, 6) is -4.51. The van der Waals surface area contributed by atoms with E-state index in [-0.39, 0.29) is 5.04 Å². The molecule has 2 rings (SSSR count). The van der Waals surface area contributed by atoms with Gasteiger partial charge in [-0.05, 0) is 25.2 Å². The highest BCUT2D eigenvalue weighted by molar-refractivity contribution is 7.65. The molecule has 0 aliphatic heterocycles. The van der Waals surface area contributed by atoms with Crippen molar-refractivity contribution < 1.29 is 31.4 Å². The lowest BCUT2D eigenvalue weighted by Gasteiger charge is -2.31. The third-order valence-electron chi connectivity index (χ3n) is 4.03. The minimum atomic E-state index is -5.94. The molecule has 2 fully saturated rings. The van der Waals surface area contributed by atoms with E-state index in [0.717, 1.165) is 5.92 Å². The Balaban J connectivity index is 0.000000212. The molecule has 2 bridgehead atoms. The fraction of sp³-hybridized carbons (Fsp3) is 1.00. The van der Waals surface area contributed by atoms with Gasteiger partial charge in [0.1, 0.15) is 0 Å². The summed E-state index contributed by atoms with van der Waals surface area (Å²) in [6.07, 6.45) is -4.24. The van der Waals surface area contributed by atoms with Gasteiger partial charge in [0, 0.05) is 5.04 Å². The molecule has 0 aromatic carbocycles. The number of fused-ring (bicyclic) bond motifs is 2. The van der Waals surface area contributed by atoms with E-state index in [9.17, 15) is 26.3 Å². The van der Waals surface area contributed by atoms with Crippen molar-refractivity contribution in [3.05, 3.63) is 0 Å². The Bertz CT molecular complexity index is 363. The average Bonchev–Trinajstić information content (AvgIpc) is 2.88. The Labute approximate surface area is 132 Å². The van der Waals surface area contributed by atoms with E-state index in [1.807, 2.05) is 0 Å². The summed E-state index contributed by atoms with van der Waals surface area (Å²) >= 11 is 18.3. The van der Waals surface area contributed by atoms with Gasteiger partial charge in [-0.3, -0.25) is 0 Å². The van der Waals surface area contributed by atoms with E-state index < -0.39 is 24.5 Å². The fourth-order valence-electron chi connectivity index (χ4n) is 2.71. The van der Waals surface area contributed by atoms with E-state index in [2.05, 4.69) is 0 Å². The zero-order valence-corrected chi connectivity index (χ0v) is 13.8.